The number of hydrogen-bond acceptors (Lipinski definition) is 3. The van der Waals surface area contributed by atoms with Gasteiger partial charge in [0.05, 0.1) is 17.7 Å². The van der Waals surface area contributed by atoms with Crippen molar-refractivity contribution in [1.82, 2.24) is 0 Å². The van der Waals surface area contributed by atoms with E-state index in [-0.39, 0.29) is 23.8 Å². The predicted molar refractivity (Wildman–Crippen MR) is 87.3 cm³/mol. The van der Waals surface area contributed by atoms with Gasteiger partial charge in [-0.1, -0.05) is 12.1 Å². The third-order valence-electron chi connectivity index (χ3n) is 5.02. The summed E-state index contributed by atoms with van der Waals surface area (Å²) < 4.78 is 45.1. The van der Waals surface area contributed by atoms with Gasteiger partial charge in [0.1, 0.15) is 5.75 Å². The van der Waals surface area contributed by atoms with Crippen LogP contribution in [0.15, 0.2) is 42.5 Å². The van der Waals surface area contributed by atoms with Crippen LogP contribution in [0, 0.1) is 5.92 Å². The lowest BCUT2D eigenvalue weighted by molar-refractivity contribution is -0.137. The second-order valence-corrected chi connectivity index (χ2v) is 6.61. The van der Waals surface area contributed by atoms with E-state index in [9.17, 15) is 18.3 Å². The molecule has 0 aliphatic carbocycles. The Kier molecular flexibility index (Phi) is 3.87. The molecule has 2 aliphatic rings. The fourth-order valence-corrected chi connectivity index (χ4v) is 3.90. The number of phenols is 1. The first kappa shape index (κ1) is 16.3. The molecule has 2 aromatic carbocycles. The zero-order chi connectivity index (χ0) is 17.6. The minimum Gasteiger partial charge on any atom is -0.508 e. The highest BCUT2D eigenvalue weighted by Crippen LogP contribution is 2.50. The number of ether oxygens (including phenoxy) is 1. The Balaban J connectivity index is 1.78. The molecule has 2 aliphatic heterocycles. The summed E-state index contributed by atoms with van der Waals surface area (Å²) in [5.41, 5.74) is 1.48. The van der Waals surface area contributed by atoms with Gasteiger partial charge in [-0.05, 0) is 48.7 Å². The number of hydrogen-bond donors (Lipinski definition) is 2. The number of anilines is 1. The molecule has 0 aromatic heterocycles. The number of fused-ring (bicyclic) bond motifs is 3. The highest BCUT2D eigenvalue weighted by Gasteiger charge is 2.41. The first-order chi connectivity index (χ1) is 11.9. The molecule has 3 atom stereocenters. The Morgan fingerprint density at radius 2 is 1.96 bits per heavy atom. The molecule has 4 rings (SSSR count). The number of rotatable bonds is 1. The van der Waals surface area contributed by atoms with Gasteiger partial charge in [-0.25, -0.2) is 0 Å². The Hall–Kier alpha value is -2.21. The predicted octanol–water partition coefficient (Wildman–Crippen LogP) is 5.05. The lowest BCUT2D eigenvalue weighted by Gasteiger charge is -2.43. The van der Waals surface area contributed by atoms with Crippen molar-refractivity contribution in [3.8, 4) is 5.75 Å². The van der Waals surface area contributed by atoms with E-state index in [4.69, 9.17) is 4.74 Å². The van der Waals surface area contributed by atoms with E-state index in [1.807, 2.05) is 6.07 Å². The highest BCUT2D eigenvalue weighted by molar-refractivity contribution is 5.59. The standard InChI is InChI=1S/C19H18F3NO2/c20-19(21,22)12-6-7-16-15(10-12)18-14(5-2-8-25-18)17(23-16)11-3-1-4-13(24)9-11/h1,3-4,6-7,9-10,14,17-18,23-24H,2,5,8H2. The van der Waals surface area contributed by atoms with Crippen LogP contribution in [0.1, 0.15) is 41.7 Å². The molecule has 0 spiro atoms. The summed E-state index contributed by atoms with van der Waals surface area (Å²) in [6, 6.07) is 10.6. The van der Waals surface area contributed by atoms with E-state index >= 15 is 0 Å². The Bertz CT molecular complexity index is 790. The maximum absolute atomic E-state index is 13.1. The number of aromatic hydroxyl groups is 1. The van der Waals surface area contributed by atoms with Crippen LogP contribution in [0.3, 0.4) is 0 Å². The summed E-state index contributed by atoms with van der Waals surface area (Å²) in [4.78, 5) is 0. The van der Waals surface area contributed by atoms with E-state index < -0.39 is 11.7 Å². The summed E-state index contributed by atoms with van der Waals surface area (Å²) in [5, 5.41) is 13.1. The number of halogens is 3. The van der Waals surface area contributed by atoms with Crippen LogP contribution >= 0.6 is 0 Å². The molecule has 1 fully saturated rings. The van der Waals surface area contributed by atoms with E-state index in [0.29, 0.717) is 17.9 Å². The van der Waals surface area contributed by atoms with Crippen LogP contribution in [0.2, 0.25) is 0 Å². The van der Waals surface area contributed by atoms with Crippen LogP contribution in [0.5, 0.6) is 5.75 Å². The third-order valence-corrected chi connectivity index (χ3v) is 5.02. The summed E-state index contributed by atoms with van der Waals surface area (Å²) >= 11 is 0. The van der Waals surface area contributed by atoms with Gasteiger partial charge >= 0.3 is 6.18 Å². The van der Waals surface area contributed by atoms with E-state index in [0.717, 1.165) is 24.5 Å². The minimum atomic E-state index is -4.37. The van der Waals surface area contributed by atoms with Gasteiger partial charge in [0.2, 0.25) is 0 Å². The Morgan fingerprint density at radius 1 is 1.12 bits per heavy atom. The molecule has 0 amide bonds. The first-order valence-electron chi connectivity index (χ1n) is 8.32. The van der Waals surface area contributed by atoms with Crippen molar-refractivity contribution in [3.63, 3.8) is 0 Å². The van der Waals surface area contributed by atoms with Crippen molar-refractivity contribution in [1.29, 1.82) is 0 Å². The molecule has 3 nitrogen and oxygen atoms in total. The molecule has 2 heterocycles. The normalized spacial score (nSPS) is 25.6. The van der Waals surface area contributed by atoms with Crippen LogP contribution in [-0.4, -0.2) is 11.7 Å². The van der Waals surface area contributed by atoms with Crippen molar-refractivity contribution in [2.24, 2.45) is 5.92 Å². The Morgan fingerprint density at radius 3 is 2.72 bits per heavy atom. The second-order valence-electron chi connectivity index (χ2n) is 6.61. The van der Waals surface area contributed by atoms with Crippen LogP contribution in [0.4, 0.5) is 18.9 Å². The maximum Gasteiger partial charge on any atom is 0.416 e. The van der Waals surface area contributed by atoms with Gasteiger partial charge in [-0.2, -0.15) is 13.2 Å². The first-order valence-corrected chi connectivity index (χ1v) is 8.32. The van der Waals surface area contributed by atoms with Crippen LogP contribution in [-0.2, 0) is 10.9 Å². The molecule has 132 valence electrons. The fraction of sp³-hybridized carbons (Fsp3) is 0.368. The second kappa shape index (κ2) is 5.95. The molecule has 6 heteroatoms. The van der Waals surface area contributed by atoms with E-state index in [2.05, 4.69) is 5.32 Å². The third kappa shape index (κ3) is 2.95. The van der Waals surface area contributed by atoms with Gasteiger partial charge in [0.15, 0.2) is 0 Å². The number of nitrogens with one attached hydrogen (secondary N) is 1. The van der Waals surface area contributed by atoms with E-state index in [1.165, 1.54) is 12.1 Å². The average Bonchev–Trinajstić information content (AvgIpc) is 2.60. The molecule has 2 N–H and O–H groups in total. The summed E-state index contributed by atoms with van der Waals surface area (Å²) in [6.45, 7) is 0.545. The van der Waals surface area contributed by atoms with Gasteiger partial charge in [0, 0.05) is 23.8 Å². The van der Waals surface area contributed by atoms with Crippen LogP contribution < -0.4 is 5.32 Å². The molecule has 3 unspecified atom stereocenters. The molecule has 0 saturated carbocycles. The maximum atomic E-state index is 13.1. The molecule has 0 bridgehead atoms. The van der Waals surface area contributed by atoms with Gasteiger partial charge in [-0.3, -0.25) is 0 Å². The van der Waals surface area contributed by atoms with Crippen molar-refractivity contribution < 1.29 is 23.0 Å². The molecule has 25 heavy (non-hydrogen) atoms. The van der Waals surface area contributed by atoms with Crippen LogP contribution in [0.25, 0.3) is 0 Å². The zero-order valence-electron chi connectivity index (χ0n) is 13.4. The summed E-state index contributed by atoms with van der Waals surface area (Å²) in [5.74, 6) is 0.192. The lowest BCUT2D eigenvalue weighted by atomic mass is 9.77. The SMILES string of the molecule is Oc1cccc(C2Nc3ccc(C(F)(F)F)cc3C3OCCCC23)c1. The molecule has 0 radical (unpaired) electrons. The highest BCUT2D eigenvalue weighted by atomic mass is 19.4. The topological polar surface area (TPSA) is 41.5 Å². The fourth-order valence-electron chi connectivity index (χ4n) is 3.90. The van der Waals surface area contributed by atoms with Gasteiger partial charge in [-0.15, -0.1) is 0 Å². The molecule has 2 aromatic rings. The number of phenolic OH excluding ortho intramolecular Hbond substituents is 1. The lowest BCUT2D eigenvalue weighted by Crippen LogP contribution is -2.36. The largest absolute Gasteiger partial charge is 0.508 e. The van der Waals surface area contributed by atoms with Gasteiger partial charge in [0.25, 0.3) is 0 Å². The number of benzene rings is 2. The van der Waals surface area contributed by atoms with Gasteiger partial charge < -0.3 is 15.2 Å². The number of alkyl halides is 3. The van der Waals surface area contributed by atoms with Crippen molar-refractivity contribution in [3.05, 3.63) is 59.2 Å². The minimum absolute atomic E-state index is 0.0199. The molecular weight excluding hydrogens is 331 g/mol. The zero-order valence-corrected chi connectivity index (χ0v) is 13.4. The monoisotopic (exact) mass is 349 g/mol. The Labute approximate surface area is 143 Å². The van der Waals surface area contributed by atoms with Crippen molar-refractivity contribution in [2.75, 3.05) is 11.9 Å². The smallest absolute Gasteiger partial charge is 0.416 e. The average molecular weight is 349 g/mol. The van der Waals surface area contributed by atoms with Crippen molar-refractivity contribution >= 4 is 5.69 Å². The van der Waals surface area contributed by atoms with Crippen molar-refractivity contribution in [2.45, 2.75) is 31.2 Å². The molecule has 1 saturated heterocycles. The van der Waals surface area contributed by atoms with E-state index in [1.54, 1.807) is 18.2 Å². The summed E-state index contributed by atoms with van der Waals surface area (Å²) in [6.07, 6.45) is -3.03. The molecular formula is C19H18F3NO2. The summed E-state index contributed by atoms with van der Waals surface area (Å²) in [7, 11) is 0. The quantitative estimate of drug-likeness (QED) is 0.757.